The second kappa shape index (κ2) is 8.52. The summed E-state index contributed by atoms with van der Waals surface area (Å²) in [7, 11) is 0. The van der Waals surface area contributed by atoms with Crippen molar-refractivity contribution >= 4 is 6.08 Å². The number of rotatable bonds is 3. The first kappa shape index (κ1) is 12.9. The Balaban J connectivity index is 0.000000364. The van der Waals surface area contributed by atoms with Gasteiger partial charge in [0.15, 0.2) is 0 Å². The third kappa shape index (κ3) is 4.83. The molecular weight excluding hydrogens is 170 g/mol. The molecule has 0 aliphatic heterocycles. The fraction of sp³-hybridized carbons (Fsp3) is 0.385. The topological polar surface area (TPSA) is 26.0 Å². The molecule has 0 aromatic heterocycles. The summed E-state index contributed by atoms with van der Waals surface area (Å²) in [4.78, 5) is 0. The van der Waals surface area contributed by atoms with E-state index in [1.54, 1.807) is 0 Å². The van der Waals surface area contributed by atoms with Gasteiger partial charge in [-0.05, 0) is 30.5 Å². The molecule has 0 radical (unpaired) electrons. The lowest BCUT2D eigenvalue weighted by molar-refractivity contribution is 0.932. The lowest BCUT2D eigenvalue weighted by atomic mass is 10.1. The molecule has 1 aromatic rings. The molecular formula is C13H21N. The monoisotopic (exact) mass is 191 g/mol. The van der Waals surface area contributed by atoms with Gasteiger partial charge in [-0.15, -0.1) is 0 Å². The van der Waals surface area contributed by atoms with Crippen molar-refractivity contribution in [2.45, 2.75) is 26.7 Å². The van der Waals surface area contributed by atoms with E-state index in [2.05, 4.69) is 38.6 Å². The van der Waals surface area contributed by atoms with Crippen LogP contribution in [0, 0.1) is 0 Å². The normalized spacial score (nSPS) is 8.79. The van der Waals surface area contributed by atoms with Gasteiger partial charge in [0, 0.05) is 0 Å². The van der Waals surface area contributed by atoms with Crippen LogP contribution in [0.2, 0.25) is 0 Å². The molecule has 0 spiro atoms. The van der Waals surface area contributed by atoms with Crippen LogP contribution in [0.25, 0.3) is 6.08 Å². The molecule has 0 aliphatic rings. The van der Waals surface area contributed by atoms with Crippen molar-refractivity contribution < 1.29 is 0 Å². The lowest BCUT2D eigenvalue weighted by Gasteiger charge is -1.99. The van der Waals surface area contributed by atoms with Crippen LogP contribution >= 0.6 is 0 Å². The first-order valence-electron chi connectivity index (χ1n) is 5.20. The van der Waals surface area contributed by atoms with Gasteiger partial charge in [-0.2, -0.15) is 0 Å². The highest BCUT2D eigenvalue weighted by molar-refractivity contribution is 5.51. The zero-order chi connectivity index (χ0) is 10.8. The van der Waals surface area contributed by atoms with Crippen LogP contribution in [0.5, 0.6) is 0 Å². The van der Waals surface area contributed by atoms with Gasteiger partial charge in [0.25, 0.3) is 0 Å². The van der Waals surface area contributed by atoms with Crippen LogP contribution in [0.4, 0.5) is 0 Å². The van der Waals surface area contributed by atoms with E-state index in [1.807, 2.05) is 12.1 Å². The van der Waals surface area contributed by atoms with E-state index in [9.17, 15) is 0 Å². The number of aryl methyl sites for hydroxylation is 1. The van der Waals surface area contributed by atoms with Crippen molar-refractivity contribution in [3.8, 4) is 0 Å². The Kier molecular flexibility index (Phi) is 7.86. The van der Waals surface area contributed by atoms with E-state index < -0.39 is 0 Å². The van der Waals surface area contributed by atoms with Gasteiger partial charge in [-0.25, -0.2) is 0 Å². The van der Waals surface area contributed by atoms with Crippen LogP contribution in [0.1, 0.15) is 31.4 Å². The first-order valence-corrected chi connectivity index (χ1v) is 5.20. The van der Waals surface area contributed by atoms with Crippen LogP contribution in [0.15, 0.2) is 30.8 Å². The van der Waals surface area contributed by atoms with Crippen molar-refractivity contribution in [1.82, 2.24) is 0 Å². The molecule has 0 saturated heterocycles. The number of nitrogens with two attached hydrogens (primary N) is 1. The molecule has 0 saturated carbocycles. The Bertz CT molecular complexity index is 251. The number of hydrogen-bond donors (Lipinski definition) is 1. The third-order valence-electron chi connectivity index (χ3n) is 1.94. The minimum atomic E-state index is 0.819. The summed E-state index contributed by atoms with van der Waals surface area (Å²) < 4.78 is 0. The Morgan fingerprint density at radius 1 is 1.29 bits per heavy atom. The maximum atomic E-state index is 5.03. The first-order chi connectivity index (χ1) is 6.79. The molecule has 0 amide bonds. The quantitative estimate of drug-likeness (QED) is 0.779. The van der Waals surface area contributed by atoms with Crippen LogP contribution in [0.3, 0.4) is 0 Å². The molecule has 2 N–H and O–H groups in total. The van der Waals surface area contributed by atoms with Gasteiger partial charge in [-0.3, -0.25) is 0 Å². The van der Waals surface area contributed by atoms with Gasteiger partial charge in [0.2, 0.25) is 0 Å². The Morgan fingerprint density at radius 2 is 1.86 bits per heavy atom. The third-order valence-corrected chi connectivity index (χ3v) is 1.94. The highest BCUT2D eigenvalue weighted by Gasteiger charge is 1.91. The molecule has 1 nitrogen and oxygen atoms in total. The summed E-state index contributed by atoms with van der Waals surface area (Å²) >= 11 is 0. The average Bonchev–Trinajstić information content (AvgIpc) is 2.29. The van der Waals surface area contributed by atoms with Gasteiger partial charge in [0.05, 0.1) is 0 Å². The van der Waals surface area contributed by atoms with Crippen molar-refractivity contribution in [1.29, 1.82) is 0 Å². The summed E-state index contributed by atoms with van der Waals surface area (Å²) in [6.45, 7) is 8.77. The zero-order valence-electron chi connectivity index (χ0n) is 9.29. The summed E-state index contributed by atoms with van der Waals surface area (Å²) in [6, 6.07) is 8.32. The second-order valence-corrected chi connectivity index (χ2v) is 3.05. The fourth-order valence-corrected chi connectivity index (χ4v) is 1.06. The smallest absolute Gasteiger partial charge is 0.00799 e. The van der Waals surface area contributed by atoms with E-state index in [-0.39, 0.29) is 0 Å². The highest BCUT2D eigenvalue weighted by atomic mass is 14.5. The molecule has 0 heterocycles. The van der Waals surface area contributed by atoms with E-state index in [1.165, 1.54) is 11.1 Å². The maximum Gasteiger partial charge on any atom is -0.00799 e. The Morgan fingerprint density at radius 3 is 2.21 bits per heavy atom. The van der Waals surface area contributed by atoms with Crippen molar-refractivity contribution in [3.05, 3.63) is 42.0 Å². The SMILES string of the molecule is C=Cc1ccccc1CC.CCCN. The molecule has 0 aliphatic carbocycles. The second-order valence-electron chi connectivity index (χ2n) is 3.05. The molecule has 78 valence electrons. The molecule has 1 aromatic carbocycles. The predicted molar refractivity (Wildman–Crippen MR) is 65.3 cm³/mol. The fourth-order valence-electron chi connectivity index (χ4n) is 1.06. The van der Waals surface area contributed by atoms with E-state index in [0.717, 1.165) is 19.4 Å². The average molecular weight is 191 g/mol. The van der Waals surface area contributed by atoms with Crippen LogP contribution in [-0.4, -0.2) is 6.54 Å². The summed E-state index contributed by atoms with van der Waals surface area (Å²) in [5, 5.41) is 0. The predicted octanol–water partition coefficient (Wildman–Crippen LogP) is 3.25. The largest absolute Gasteiger partial charge is 0.330 e. The minimum Gasteiger partial charge on any atom is -0.330 e. The number of benzene rings is 1. The van der Waals surface area contributed by atoms with Crippen molar-refractivity contribution in [2.75, 3.05) is 6.54 Å². The molecule has 0 atom stereocenters. The van der Waals surface area contributed by atoms with Crippen molar-refractivity contribution in [2.24, 2.45) is 5.73 Å². The van der Waals surface area contributed by atoms with Gasteiger partial charge < -0.3 is 5.73 Å². The molecule has 1 rings (SSSR count). The van der Waals surface area contributed by atoms with Crippen LogP contribution in [-0.2, 0) is 6.42 Å². The maximum absolute atomic E-state index is 5.03. The highest BCUT2D eigenvalue weighted by Crippen LogP contribution is 2.09. The number of hydrogen-bond acceptors (Lipinski definition) is 1. The molecule has 0 fully saturated rings. The molecule has 0 unspecified atom stereocenters. The van der Waals surface area contributed by atoms with Gasteiger partial charge in [-0.1, -0.05) is 50.8 Å². The Labute approximate surface area is 87.6 Å². The lowest BCUT2D eigenvalue weighted by Crippen LogP contribution is -1.93. The van der Waals surface area contributed by atoms with E-state index in [4.69, 9.17) is 5.73 Å². The van der Waals surface area contributed by atoms with Gasteiger partial charge in [0.1, 0.15) is 0 Å². The van der Waals surface area contributed by atoms with E-state index in [0.29, 0.717) is 0 Å². The summed E-state index contributed by atoms with van der Waals surface area (Å²) in [5.41, 5.74) is 7.66. The summed E-state index contributed by atoms with van der Waals surface area (Å²) in [5.74, 6) is 0. The van der Waals surface area contributed by atoms with Crippen LogP contribution < -0.4 is 5.73 Å². The van der Waals surface area contributed by atoms with Crippen molar-refractivity contribution in [3.63, 3.8) is 0 Å². The van der Waals surface area contributed by atoms with E-state index >= 15 is 0 Å². The summed E-state index contributed by atoms with van der Waals surface area (Å²) in [6.07, 6.45) is 4.08. The Hall–Kier alpha value is -1.08. The zero-order valence-corrected chi connectivity index (χ0v) is 9.29. The standard InChI is InChI=1S/C10H12.C3H9N/c1-3-9-7-5-6-8-10(9)4-2;1-2-3-4/h3,5-8H,1,4H2,2H3;2-4H2,1H3. The molecule has 14 heavy (non-hydrogen) atoms. The molecule has 0 bridgehead atoms. The van der Waals surface area contributed by atoms with Gasteiger partial charge >= 0.3 is 0 Å². The minimum absolute atomic E-state index is 0.819. The molecule has 1 heteroatoms.